The molecular formula is C14H21NO2. The summed E-state index contributed by atoms with van der Waals surface area (Å²) in [5.74, 6) is 0.972. The number of benzene rings is 1. The molecule has 1 heterocycles. The molecule has 0 amide bonds. The van der Waals surface area contributed by atoms with Crippen LogP contribution in [-0.2, 0) is 11.3 Å². The van der Waals surface area contributed by atoms with Gasteiger partial charge in [-0.1, -0.05) is 18.2 Å². The molecule has 0 aliphatic carbocycles. The number of rotatable bonds is 3. The molecule has 2 rings (SSSR count). The van der Waals surface area contributed by atoms with Gasteiger partial charge in [-0.3, -0.25) is 4.90 Å². The maximum absolute atomic E-state index is 5.74. The third-order valence-corrected chi connectivity index (χ3v) is 3.08. The average Bonchev–Trinajstić information content (AvgIpc) is 2.28. The van der Waals surface area contributed by atoms with Gasteiger partial charge in [0.05, 0.1) is 19.3 Å². The summed E-state index contributed by atoms with van der Waals surface area (Å²) in [5, 5.41) is 0. The molecule has 0 spiro atoms. The van der Waals surface area contributed by atoms with Gasteiger partial charge in [-0.2, -0.15) is 0 Å². The summed E-state index contributed by atoms with van der Waals surface area (Å²) < 4.78 is 11.1. The Morgan fingerprint density at radius 1 is 1.24 bits per heavy atom. The monoisotopic (exact) mass is 235 g/mol. The van der Waals surface area contributed by atoms with Crippen molar-refractivity contribution < 1.29 is 9.47 Å². The number of ether oxygens (including phenoxy) is 2. The first-order valence-corrected chi connectivity index (χ1v) is 6.18. The van der Waals surface area contributed by atoms with Gasteiger partial charge in [0, 0.05) is 25.2 Å². The predicted molar refractivity (Wildman–Crippen MR) is 68.3 cm³/mol. The molecule has 3 heteroatoms. The Morgan fingerprint density at radius 2 is 1.88 bits per heavy atom. The van der Waals surface area contributed by atoms with Gasteiger partial charge in [-0.25, -0.2) is 0 Å². The van der Waals surface area contributed by atoms with Gasteiger partial charge in [-0.05, 0) is 19.9 Å². The Balaban J connectivity index is 2.04. The zero-order valence-electron chi connectivity index (χ0n) is 10.8. The van der Waals surface area contributed by atoms with E-state index in [4.69, 9.17) is 9.47 Å². The van der Waals surface area contributed by atoms with Crippen LogP contribution in [0.25, 0.3) is 0 Å². The van der Waals surface area contributed by atoms with E-state index >= 15 is 0 Å². The molecule has 17 heavy (non-hydrogen) atoms. The molecule has 94 valence electrons. The average molecular weight is 235 g/mol. The fourth-order valence-electron chi connectivity index (χ4n) is 2.49. The van der Waals surface area contributed by atoms with Crippen LogP contribution in [0.15, 0.2) is 24.3 Å². The quantitative estimate of drug-likeness (QED) is 0.802. The molecule has 0 N–H and O–H groups in total. The van der Waals surface area contributed by atoms with E-state index in [1.165, 1.54) is 5.56 Å². The van der Waals surface area contributed by atoms with E-state index in [1.54, 1.807) is 7.11 Å². The number of methoxy groups -OCH3 is 1. The van der Waals surface area contributed by atoms with Crippen LogP contribution < -0.4 is 4.74 Å². The molecule has 2 unspecified atom stereocenters. The van der Waals surface area contributed by atoms with Crippen molar-refractivity contribution >= 4 is 0 Å². The molecule has 1 fully saturated rings. The lowest BCUT2D eigenvalue weighted by Gasteiger charge is -2.35. The highest BCUT2D eigenvalue weighted by molar-refractivity contribution is 5.33. The molecule has 0 aromatic heterocycles. The van der Waals surface area contributed by atoms with Crippen molar-refractivity contribution in [1.29, 1.82) is 0 Å². The Hall–Kier alpha value is -1.06. The van der Waals surface area contributed by atoms with Gasteiger partial charge in [0.2, 0.25) is 0 Å². The van der Waals surface area contributed by atoms with Crippen LogP contribution in [-0.4, -0.2) is 37.3 Å². The number of nitrogens with zero attached hydrogens (tertiary/aromatic N) is 1. The highest BCUT2D eigenvalue weighted by Gasteiger charge is 2.22. The lowest BCUT2D eigenvalue weighted by molar-refractivity contribution is -0.0706. The molecule has 1 aromatic rings. The standard InChI is InChI=1S/C14H21NO2/c1-11-8-15(9-12(2)17-11)10-13-6-4-5-7-14(13)16-3/h4-7,11-12H,8-10H2,1-3H3. The van der Waals surface area contributed by atoms with Crippen molar-refractivity contribution in [3.8, 4) is 5.75 Å². The van der Waals surface area contributed by atoms with Gasteiger partial charge in [-0.15, -0.1) is 0 Å². The molecule has 3 nitrogen and oxygen atoms in total. The van der Waals surface area contributed by atoms with E-state index in [1.807, 2.05) is 12.1 Å². The van der Waals surface area contributed by atoms with Crippen molar-refractivity contribution in [1.82, 2.24) is 4.90 Å². The third kappa shape index (κ3) is 3.20. The van der Waals surface area contributed by atoms with Crippen LogP contribution >= 0.6 is 0 Å². The topological polar surface area (TPSA) is 21.7 Å². The van der Waals surface area contributed by atoms with Gasteiger partial charge in [0.1, 0.15) is 5.75 Å². The molecular weight excluding hydrogens is 214 g/mol. The minimum atomic E-state index is 0.313. The van der Waals surface area contributed by atoms with Crippen LogP contribution in [0.2, 0.25) is 0 Å². The van der Waals surface area contributed by atoms with Crippen LogP contribution in [0.1, 0.15) is 19.4 Å². The second-order valence-electron chi connectivity index (χ2n) is 4.76. The van der Waals surface area contributed by atoms with E-state index in [9.17, 15) is 0 Å². The van der Waals surface area contributed by atoms with Crippen LogP contribution in [0.3, 0.4) is 0 Å². The van der Waals surface area contributed by atoms with Gasteiger partial charge in [0.25, 0.3) is 0 Å². The first-order chi connectivity index (χ1) is 8.19. The predicted octanol–water partition coefficient (Wildman–Crippen LogP) is 2.30. The lowest BCUT2D eigenvalue weighted by Crippen LogP contribution is -2.44. The number of hydrogen-bond donors (Lipinski definition) is 0. The van der Waals surface area contributed by atoms with Crippen molar-refractivity contribution in [2.24, 2.45) is 0 Å². The highest BCUT2D eigenvalue weighted by Crippen LogP contribution is 2.21. The summed E-state index contributed by atoms with van der Waals surface area (Å²) in [6.07, 6.45) is 0.627. The Labute approximate surface area is 103 Å². The van der Waals surface area contributed by atoms with Crippen molar-refractivity contribution in [3.63, 3.8) is 0 Å². The van der Waals surface area contributed by atoms with Crippen LogP contribution in [0.4, 0.5) is 0 Å². The van der Waals surface area contributed by atoms with Crippen LogP contribution in [0.5, 0.6) is 5.75 Å². The summed E-state index contributed by atoms with van der Waals surface area (Å²) >= 11 is 0. The Kier molecular flexibility index (Phi) is 4.02. The normalized spacial score (nSPS) is 25.8. The Morgan fingerprint density at radius 3 is 2.53 bits per heavy atom. The van der Waals surface area contributed by atoms with Crippen molar-refractivity contribution in [3.05, 3.63) is 29.8 Å². The Bertz CT molecular complexity index is 357. The first kappa shape index (κ1) is 12.4. The maximum Gasteiger partial charge on any atom is 0.123 e. The van der Waals surface area contributed by atoms with Crippen molar-refractivity contribution in [2.75, 3.05) is 20.2 Å². The summed E-state index contributed by atoms with van der Waals surface area (Å²) in [6.45, 7) is 7.17. The van der Waals surface area contributed by atoms with Crippen molar-refractivity contribution in [2.45, 2.75) is 32.6 Å². The number of hydrogen-bond acceptors (Lipinski definition) is 3. The molecule has 1 aliphatic heterocycles. The summed E-state index contributed by atoms with van der Waals surface area (Å²) in [7, 11) is 1.73. The first-order valence-electron chi connectivity index (χ1n) is 6.18. The SMILES string of the molecule is COc1ccccc1CN1CC(C)OC(C)C1. The van der Waals surface area contributed by atoms with E-state index < -0.39 is 0 Å². The fourth-order valence-corrected chi connectivity index (χ4v) is 2.49. The minimum absolute atomic E-state index is 0.313. The zero-order valence-corrected chi connectivity index (χ0v) is 10.8. The molecule has 1 aliphatic rings. The fraction of sp³-hybridized carbons (Fsp3) is 0.571. The smallest absolute Gasteiger partial charge is 0.123 e. The molecule has 1 saturated heterocycles. The molecule has 2 atom stereocenters. The molecule has 1 aromatic carbocycles. The number of morpholine rings is 1. The maximum atomic E-state index is 5.74. The number of para-hydroxylation sites is 1. The summed E-state index contributed by atoms with van der Waals surface area (Å²) in [4.78, 5) is 2.43. The second-order valence-corrected chi connectivity index (χ2v) is 4.76. The second kappa shape index (κ2) is 5.52. The van der Waals surface area contributed by atoms with E-state index in [0.717, 1.165) is 25.4 Å². The summed E-state index contributed by atoms with van der Waals surface area (Å²) in [5.41, 5.74) is 1.25. The van der Waals surface area contributed by atoms with Crippen LogP contribution in [0, 0.1) is 0 Å². The zero-order chi connectivity index (χ0) is 12.3. The summed E-state index contributed by atoms with van der Waals surface area (Å²) in [6, 6.07) is 8.21. The minimum Gasteiger partial charge on any atom is -0.496 e. The van der Waals surface area contributed by atoms with Gasteiger partial charge >= 0.3 is 0 Å². The van der Waals surface area contributed by atoms with E-state index in [-0.39, 0.29) is 0 Å². The van der Waals surface area contributed by atoms with E-state index in [2.05, 4.69) is 30.9 Å². The third-order valence-electron chi connectivity index (χ3n) is 3.08. The lowest BCUT2D eigenvalue weighted by atomic mass is 10.1. The highest BCUT2D eigenvalue weighted by atomic mass is 16.5. The molecule has 0 radical (unpaired) electrons. The van der Waals surface area contributed by atoms with E-state index in [0.29, 0.717) is 12.2 Å². The largest absolute Gasteiger partial charge is 0.496 e. The van der Waals surface area contributed by atoms with Gasteiger partial charge < -0.3 is 9.47 Å². The molecule has 0 bridgehead atoms. The molecule has 0 saturated carbocycles. The van der Waals surface area contributed by atoms with Gasteiger partial charge in [0.15, 0.2) is 0 Å².